The molecule has 1 saturated heterocycles. The molecule has 0 aliphatic carbocycles. The Kier molecular flexibility index (Phi) is 11.4. The number of carbonyl (C=O) groups is 4. The van der Waals surface area contributed by atoms with Gasteiger partial charge < -0.3 is 15.4 Å². The van der Waals surface area contributed by atoms with Crippen molar-refractivity contribution in [3.63, 3.8) is 0 Å². The number of amides is 3. The third kappa shape index (κ3) is 8.04. The molecule has 8 heteroatoms. The van der Waals surface area contributed by atoms with Gasteiger partial charge in [0.15, 0.2) is 6.73 Å². The second-order valence-corrected chi connectivity index (χ2v) is 10.3. The molecule has 8 nitrogen and oxygen atoms in total. The summed E-state index contributed by atoms with van der Waals surface area (Å²) in [4.78, 5) is 53.0. The number of nitrogens with two attached hydrogens (primary N) is 1. The van der Waals surface area contributed by atoms with Gasteiger partial charge in [-0.15, -0.1) is 0 Å². The monoisotopic (exact) mass is 513 g/mol. The highest BCUT2D eigenvalue weighted by molar-refractivity contribution is 6.06. The van der Waals surface area contributed by atoms with Crippen LogP contribution < -0.4 is 5.73 Å². The smallest absolute Gasteiger partial charge is 0.307 e. The van der Waals surface area contributed by atoms with Gasteiger partial charge in [-0.2, -0.15) is 0 Å². The summed E-state index contributed by atoms with van der Waals surface area (Å²) < 4.78 is 5.26. The summed E-state index contributed by atoms with van der Waals surface area (Å²) in [6.45, 7) is 2.07. The maximum Gasteiger partial charge on any atom is 0.307 e. The van der Waals surface area contributed by atoms with Gasteiger partial charge in [0.05, 0.1) is 0 Å². The average Bonchev–Trinajstić information content (AvgIpc) is 3.22. The molecule has 0 aromatic heterocycles. The number of esters is 1. The topological polar surface area (TPSA) is 110 Å². The molecular formula is C29H43N3O5. The van der Waals surface area contributed by atoms with E-state index in [1.54, 1.807) is 18.2 Å². The quantitative estimate of drug-likeness (QED) is 0.138. The van der Waals surface area contributed by atoms with Crippen molar-refractivity contribution in [2.24, 2.45) is 0 Å². The Bertz CT molecular complexity index is 947. The van der Waals surface area contributed by atoms with Crippen LogP contribution in [-0.2, 0) is 25.7 Å². The van der Waals surface area contributed by atoms with Gasteiger partial charge in [-0.05, 0) is 25.0 Å². The number of nitrogens with zero attached hydrogens (tertiary/aromatic N) is 2. The van der Waals surface area contributed by atoms with Crippen molar-refractivity contribution in [3.8, 4) is 0 Å². The Hall–Kier alpha value is -2.90. The highest BCUT2D eigenvalue weighted by atomic mass is 16.5. The van der Waals surface area contributed by atoms with E-state index in [1.165, 1.54) is 62.7 Å². The Balaban J connectivity index is 1.32. The molecule has 1 aromatic rings. The summed E-state index contributed by atoms with van der Waals surface area (Å²) in [6.07, 6.45) is 15.2. The van der Waals surface area contributed by atoms with Crippen molar-refractivity contribution < 1.29 is 23.9 Å². The van der Waals surface area contributed by atoms with Crippen LogP contribution in [0, 0.1) is 0 Å². The molecular weight excluding hydrogens is 470 g/mol. The number of hydrogen-bond acceptors (Lipinski definition) is 6. The number of anilines is 1. The number of rotatable bonds is 16. The number of piperidine rings is 1. The molecule has 2 aliphatic heterocycles. The van der Waals surface area contributed by atoms with E-state index in [0.717, 1.165) is 24.2 Å². The summed E-state index contributed by atoms with van der Waals surface area (Å²) in [7, 11) is 0. The molecule has 1 aromatic carbocycles. The fourth-order valence-electron chi connectivity index (χ4n) is 5.20. The SMILES string of the molecule is CCCCCCCCCCCCCCC(=O)OCN1C(=O)CCC(N2Cc3c(N)cccc3C2=O)C1=O. The molecule has 0 radical (unpaired) electrons. The Morgan fingerprint density at radius 2 is 1.57 bits per heavy atom. The van der Waals surface area contributed by atoms with Crippen LogP contribution in [0.5, 0.6) is 0 Å². The Morgan fingerprint density at radius 1 is 0.946 bits per heavy atom. The second kappa shape index (κ2) is 14.7. The molecule has 2 N–H and O–H groups in total. The van der Waals surface area contributed by atoms with E-state index < -0.39 is 24.6 Å². The van der Waals surface area contributed by atoms with Crippen LogP contribution in [0.2, 0.25) is 0 Å². The van der Waals surface area contributed by atoms with Crippen LogP contribution in [0.4, 0.5) is 5.69 Å². The van der Waals surface area contributed by atoms with E-state index in [1.807, 2.05) is 0 Å². The van der Waals surface area contributed by atoms with Crippen molar-refractivity contribution >= 4 is 29.4 Å². The number of unbranched alkanes of at least 4 members (excludes halogenated alkanes) is 11. The zero-order valence-corrected chi connectivity index (χ0v) is 22.3. The largest absolute Gasteiger partial charge is 0.444 e. The Labute approximate surface area is 220 Å². The lowest BCUT2D eigenvalue weighted by Crippen LogP contribution is -2.55. The zero-order chi connectivity index (χ0) is 26.6. The number of imide groups is 1. The van der Waals surface area contributed by atoms with Gasteiger partial charge in [0, 0.05) is 36.2 Å². The highest BCUT2D eigenvalue weighted by Gasteiger charge is 2.43. The van der Waals surface area contributed by atoms with Crippen molar-refractivity contribution in [1.29, 1.82) is 0 Å². The predicted octanol–water partition coefficient (Wildman–Crippen LogP) is 5.33. The van der Waals surface area contributed by atoms with Crippen LogP contribution >= 0.6 is 0 Å². The fourth-order valence-corrected chi connectivity index (χ4v) is 5.20. The van der Waals surface area contributed by atoms with E-state index in [2.05, 4.69) is 6.92 Å². The molecule has 37 heavy (non-hydrogen) atoms. The Morgan fingerprint density at radius 3 is 2.19 bits per heavy atom. The maximum absolute atomic E-state index is 13.1. The first-order valence-corrected chi connectivity index (χ1v) is 14.1. The number of likely N-dealkylation sites (tertiary alicyclic amines) is 1. The normalized spacial score (nSPS) is 17.4. The highest BCUT2D eigenvalue weighted by Crippen LogP contribution is 2.32. The minimum atomic E-state index is -0.771. The lowest BCUT2D eigenvalue weighted by Gasteiger charge is -2.35. The number of carbonyl (C=O) groups excluding carboxylic acids is 4. The minimum absolute atomic E-state index is 0.113. The molecule has 3 rings (SSSR count). The first-order valence-electron chi connectivity index (χ1n) is 14.1. The van der Waals surface area contributed by atoms with Crippen molar-refractivity contribution in [3.05, 3.63) is 29.3 Å². The van der Waals surface area contributed by atoms with Crippen LogP contribution in [0.3, 0.4) is 0 Å². The molecule has 0 bridgehead atoms. The molecule has 0 spiro atoms. The van der Waals surface area contributed by atoms with E-state index >= 15 is 0 Å². The lowest BCUT2D eigenvalue weighted by molar-refractivity contribution is -0.164. The van der Waals surface area contributed by atoms with Gasteiger partial charge in [0.25, 0.3) is 11.8 Å². The summed E-state index contributed by atoms with van der Waals surface area (Å²) in [5.41, 5.74) is 7.72. The van der Waals surface area contributed by atoms with Gasteiger partial charge in [-0.25, -0.2) is 4.90 Å². The van der Waals surface area contributed by atoms with Crippen LogP contribution in [0.1, 0.15) is 119 Å². The molecule has 1 atom stereocenters. The average molecular weight is 514 g/mol. The molecule has 2 heterocycles. The van der Waals surface area contributed by atoms with Crippen molar-refractivity contribution in [2.75, 3.05) is 12.5 Å². The number of ether oxygens (including phenoxy) is 1. The van der Waals surface area contributed by atoms with Crippen LogP contribution in [0.25, 0.3) is 0 Å². The van der Waals surface area contributed by atoms with Gasteiger partial charge in [0.1, 0.15) is 6.04 Å². The molecule has 1 unspecified atom stereocenters. The van der Waals surface area contributed by atoms with E-state index in [9.17, 15) is 19.2 Å². The molecule has 204 valence electrons. The van der Waals surface area contributed by atoms with Crippen LogP contribution in [0.15, 0.2) is 18.2 Å². The van der Waals surface area contributed by atoms with E-state index in [4.69, 9.17) is 10.5 Å². The number of benzene rings is 1. The number of fused-ring (bicyclic) bond motifs is 1. The lowest BCUT2D eigenvalue weighted by atomic mass is 10.0. The van der Waals surface area contributed by atoms with Crippen molar-refractivity contribution in [1.82, 2.24) is 9.80 Å². The van der Waals surface area contributed by atoms with Gasteiger partial charge in [0.2, 0.25) is 5.91 Å². The van der Waals surface area contributed by atoms with Gasteiger partial charge >= 0.3 is 5.97 Å². The summed E-state index contributed by atoms with van der Waals surface area (Å²) >= 11 is 0. The summed E-state index contributed by atoms with van der Waals surface area (Å²) in [6, 6.07) is 4.36. The number of nitrogen functional groups attached to an aromatic ring is 1. The third-order valence-electron chi connectivity index (χ3n) is 7.48. The number of hydrogen-bond donors (Lipinski definition) is 1. The predicted molar refractivity (Wildman–Crippen MR) is 142 cm³/mol. The molecule has 0 saturated carbocycles. The minimum Gasteiger partial charge on any atom is -0.444 e. The second-order valence-electron chi connectivity index (χ2n) is 10.3. The molecule has 3 amide bonds. The third-order valence-corrected chi connectivity index (χ3v) is 7.48. The summed E-state index contributed by atoms with van der Waals surface area (Å²) in [5, 5.41) is 0. The van der Waals surface area contributed by atoms with E-state index in [-0.39, 0.29) is 37.6 Å². The fraction of sp³-hybridized carbons (Fsp3) is 0.655. The van der Waals surface area contributed by atoms with Gasteiger partial charge in [-0.3, -0.25) is 19.2 Å². The van der Waals surface area contributed by atoms with Crippen LogP contribution in [-0.4, -0.2) is 46.3 Å². The van der Waals surface area contributed by atoms with E-state index in [0.29, 0.717) is 16.8 Å². The molecule has 1 fully saturated rings. The first-order chi connectivity index (χ1) is 17.9. The standard InChI is InChI=1S/C29H43N3O5/c1-2-3-4-5-6-7-8-9-10-11-12-13-17-27(34)37-21-32-26(33)19-18-25(29(32)36)31-20-23-22(28(31)35)15-14-16-24(23)30/h14-16,25H,2-13,17-21,30H2,1H3. The van der Waals surface area contributed by atoms with Gasteiger partial charge in [-0.1, -0.05) is 83.6 Å². The molecule has 2 aliphatic rings. The van der Waals surface area contributed by atoms with Crippen molar-refractivity contribution in [2.45, 2.75) is 116 Å². The maximum atomic E-state index is 13.1. The summed E-state index contributed by atoms with van der Waals surface area (Å²) in [5.74, 6) is -1.57. The first kappa shape index (κ1) is 28.7. The zero-order valence-electron chi connectivity index (χ0n) is 22.3.